The molecule has 2 aromatic heterocycles. The normalized spacial score (nSPS) is 17.7. The molecule has 0 saturated carbocycles. The maximum atomic E-state index is 12.3. The van der Waals surface area contributed by atoms with Crippen LogP contribution in [0.15, 0.2) is 36.8 Å². The number of hydrogen-bond donors (Lipinski definition) is 1. The number of pyridine rings is 1. The van der Waals surface area contributed by atoms with Crippen LogP contribution in [0.4, 0.5) is 0 Å². The van der Waals surface area contributed by atoms with Crippen molar-refractivity contribution in [2.24, 2.45) is 0 Å². The number of aromatic nitrogens is 3. The van der Waals surface area contributed by atoms with Crippen LogP contribution in [0.25, 0.3) is 6.08 Å². The molecule has 3 rings (SSSR count). The quantitative estimate of drug-likeness (QED) is 0.882. The molecule has 1 aliphatic rings. The third-order valence-corrected chi connectivity index (χ3v) is 4.25. The molecule has 0 fully saturated rings. The lowest BCUT2D eigenvalue weighted by Crippen LogP contribution is -2.31. The number of nitrogens with one attached hydrogen (secondary N) is 1. The zero-order valence-electron chi connectivity index (χ0n) is 14.5. The number of amides is 1. The van der Waals surface area contributed by atoms with E-state index in [1.807, 2.05) is 18.3 Å². The van der Waals surface area contributed by atoms with Crippen molar-refractivity contribution in [3.05, 3.63) is 53.6 Å². The lowest BCUT2D eigenvalue weighted by Gasteiger charge is -2.28. The molecule has 2 aromatic rings. The molecule has 5 heteroatoms. The van der Waals surface area contributed by atoms with Gasteiger partial charge in [-0.3, -0.25) is 14.5 Å². The number of hydrogen-bond acceptors (Lipinski definition) is 3. The van der Waals surface area contributed by atoms with Crippen LogP contribution in [0.2, 0.25) is 0 Å². The third kappa shape index (κ3) is 3.55. The van der Waals surface area contributed by atoms with Gasteiger partial charge in [0, 0.05) is 29.7 Å². The zero-order chi connectivity index (χ0) is 17.2. The maximum Gasteiger partial charge on any atom is 0.244 e. The van der Waals surface area contributed by atoms with Crippen LogP contribution in [0.5, 0.6) is 0 Å². The lowest BCUT2D eigenvalue weighted by molar-refractivity contribution is -0.117. The van der Waals surface area contributed by atoms with Crippen molar-refractivity contribution in [3.8, 4) is 0 Å². The molecule has 1 N–H and O–H groups in total. The van der Waals surface area contributed by atoms with Gasteiger partial charge >= 0.3 is 0 Å². The molecule has 0 bridgehead atoms. The number of nitrogens with zero attached hydrogens (tertiary/aromatic N) is 3. The van der Waals surface area contributed by atoms with Crippen molar-refractivity contribution in [1.82, 2.24) is 20.1 Å². The van der Waals surface area contributed by atoms with E-state index >= 15 is 0 Å². The molecule has 5 nitrogen and oxygen atoms in total. The van der Waals surface area contributed by atoms with Crippen LogP contribution in [0.1, 0.15) is 56.5 Å². The van der Waals surface area contributed by atoms with Gasteiger partial charge < -0.3 is 5.32 Å². The Morgan fingerprint density at radius 2 is 2.21 bits per heavy atom. The zero-order valence-corrected chi connectivity index (χ0v) is 14.5. The second kappa shape index (κ2) is 6.59. The lowest BCUT2D eigenvalue weighted by atomic mass is 9.92. The molecule has 0 aromatic carbocycles. The van der Waals surface area contributed by atoms with Crippen molar-refractivity contribution < 1.29 is 4.79 Å². The van der Waals surface area contributed by atoms with Crippen molar-refractivity contribution in [2.45, 2.75) is 51.6 Å². The number of rotatable bonds is 3. The van der Waals surface area contributed by atoms with Gasteiger partial charge in [0.1, 0.15) is 0 Å². The summed E-state index contributed by atoms with van der Waals surface area (Å²) < 4.78 is 2.09. The highest BCUT2D eigenvalue weighted by Gasteiger charge is 2.28. The predicted octanol–water partition coefficient (Wildman–Crippen LogP) is 3.24. The molecule has 1 aliphatic carbocycles. The topological polar surface area (TPSA) is 59.8 Å². The summed E-state index contributed by atoms with van der Waals surface area (Å²) in [5.41, 5.74) is 3.27. The van der Waals surface area contributed by atoms with Crippen molar-refractivity contribution >= 4 is 12.0 Å². The van der Waals surface area contributed by atoms with Gasteiger partial charge in [0.05, 0.1) is 17.8 Å². The molecule has 0 saturated heterocycles. The molecule has 1 amide bonds. The molecule has 2 heterocycles. The maximum absolute atomic E-state index is 12.3. The Kier molecular flexibility index (Phi) is 4.51. The molecular weight excluding hydrogens is 300 g/mol. The Bertz CT molecular complexity index is 740. The summed E-state index contributed by atoms with van der Waals surface area (Å²) in [5.74, 6) is -0.0831. The summed E-state index contributed by atoms with van der Waals surface area (Å²) >= 11 is 0. The molecule has 0 spiro atoms. The Labute approximate surface area is 142 Å². The van der Waals surface area contributed by atoms with Gasteiger partial charge in [0.2, 0.25) is 5.91 Å². The first kappa shape index (κ1) is 16.4. The molecule has 24 heavy (non-hydrogen) atoms. The fourth-order valence-corrected chi connectivity index (χ4v) is 3.15. The van der Waals surface area contributed by atoms with Crippen LogP contribution in [0, 0.1) is 0 Å². The van der Waals surface area contributed by atoms with Crippen LogP contribution < -0.4 is 5.32 Å². The van der Waals surface area contributed by atoms with Gasteiger partial charge in [-0.1, -0.05) is 6.07 Å². The van der Waals surface area contributed by atoms with Crippen LogP contribution >= 0.6 is 0 Å². The smallest absolute Gasteiger partial charge is 0.244 e. The number of carbonyl (C=O) groups excluding carboxylic acids is 1. The van der Waals surface area contributed by atoms with Crippen molar-refractivity contribution in [3.63, 3.8) is 0 Å². The minimum absolute atomic E-state index is 0.0379. The van der Waals surface area contributed by atoms with Gasteiger partial charge in [-0.15, -0.1) is 0 Å². The second-order valence-electron chi connectivity index (χ2n) is 7.20. The van der Waals surface area contributed by atoms with E-state index in [1.165, 1.54) is 5.69 Å². The largest absolute Gasteiger partial charge is 0.346 e. The molecule has 0 aliphatic heterocycles. The van der Waals surface area contributed by atoms with E-state index in [0.29, 0.717) is 0 Å². The highest BCUT2D eigenvalue weighted by molar-refractivity contribution is 5.91. The fourth-order valence-electron chi connectivity index (χ4n) is 3.15. The fraction of sp³-hybridized carbons (Fsp3) is 0.421. The molecule has 1 atom stereocenters. The van der Waals surface area contributed by atoms with Crippen molar-refractivity contribution in [1.29, 1.82) is 0 Å². The first-order valence-electron chi connectivity index (χ1n) is 8.41. The minimum Gasteiger partial charge on any atom is -0.346 e. The monoisotopic (exact) mass is 324 g/mol. The SMILES string of the molecule is CC(C)(C)n1ncc2c1CCC[C@H]2NC(=O)/C=C\c1cccnc1. The van der Waals surface area contributed by atoms with Gasteiger partial charge in [0.25, 0.3) is 0 Å². The highest BCUT2D eigenvalue weighted by Crippen LogP contribution is 2.32. The average molecular weight is 324 g/mol. The second-order valence-corrected chi connectivity index (χ2v) is 7.20. The Morgan fingerprint density at radius 1 is 1.38 bits per heavy atom. The Balaban J connectivity index is 1.72. The molecular formula is C19H24N4O. The first-order valence-corrected chi connectivity index (χ1v) is 8.41. The van der Waals surface area contributed by atoms with Crippen molar-refractivity contribution in [2.75, 3.05) is 0 Å². The number of carbonyl (C=O) groups is 1. The Morgan fingerprint density at radius 3 is 2.92 bits per heavy atom. The summed E-state index contributed by atoms with van der Waals surface area (Å²) in [6.45, 7) is 6.46. The van der Waals surface area contributed by atoms with E-state index in [0.717, 1.165) is 30.4 Å². The van der Waals surface area contributed by atoms with E-state index < -0.39 is 0 Å². The third-order valence-electron chi connectivity index (χ3n) is 4.25. The van der Waals surface area contributed by atoms with Gasteiger partial charge in [-0.05, 0) is 57.7 Å². The van der Waals surface area contributed by atoms with E-state index in [1.54, 1.807) is 24.5 Å². The minimum atomic E-state index is -0.0831. The summed E-state index contributed by atoms with van der Waals surface area (Å²) in [6.07, 6.45) is 11.7. The molecule has 0 unspecified atom stereocenters. The van der Waals surface area contributed by atoms with E-state index in [-0.39, 0.29) is 17.5 Å². The van der Waals surface area contributed by atoms with E-state index in [4.69, 9.17) is 0 Å². The summed E-state index contributed by atoms with van der Waals surface area (Å²) in [4.78, 5) is 16.3. The van der Waals surface area contributed by atoms with E-state index in [9.17, 15) is 4.79 Å². The molecule has 126 valence electrons. The first-order chi connectivity index (χ1) is 11.4. The van der Waals surface area contributed by atoms with Crippen LogP contribution in [-0.2, 0) is 16.8 Å². The van der Waals surface area contributed by atoms with Gasteiger partial charge in [0.15, 0.2) is 0 Å². The van der Waals surface area contributed by atoms with Crippen LogP contribution in [-0.4, -0.2) is 20.7 Å². The predicted molar refractivity (Wildman–Crippen MR) is 94.3 cm³/mol. The van der Waals surface area contributed by atoms with Crippen LogP contribution in [0.3, 0.4) is 0 Å². The summed E-state index contributed by atoms with van der Waals surface area (Å²) in [7, 11) is 0. The van der Waals surface area contributed by atoms with E-state index in [2.05, 4.69) is 40.9 Å². The Hall–Kier alpha value is -2.43. The number of fused-ring (bicyclic) bond motifs is 1. The average Bonchev–Trinajstić information content (AvgIpc) is 2.99. The van der Waals surface area contributed by atoms with Gasteiger partial charge in [-0.2, -0.15) is 5.10 Å². The summed E-state index contributed by atoms with van der Waals surface area (Å²) in [6, 6.07) is 3.81. The van der Waals surface area contributed by atoms with Gasteiger partial charge in [-0.25, -0.2) is 0 Å². The molecule has 0 radical (unpaired) electrons. The highest BCUT2D eigenvalue weighted by atomic mass is 16.1. The summed E-state index contributed by atoms with van der Waals surface area (Å²) in [5, 5.41) is 7.67. The standard InChI is InChI=1S/C19H24N4O/c1-19(2,3)23-17-8-4-7-16(15(17)13-21-23)22-18(24)10-9-14-6-5-11-20-12-14/h5-6,9-13,16H,4,7-8H2,1-3H3,(H,22,24)/b10-9-/t16-/m1/s1.